The molecule has 0 aliphatic rings. The van der Waals surface area contributed by atoms with Crippen LogP contribution in [0.5, 0.6) is 0 Å². The molecule has 21 heavy (non-hydrogen) atoms. The van der Waals surface area contributed by atoms with E-state index in [1.165, 1.54) is 3.57 Å². The van der Waals surface area contributed by atoms with E-state index in [0.29, 0.717) is 5.92 Å². The van der Waals surface area contributed by atoms with E-state index in [9.17, 15) is 0 Å². The van der Waals surface area contributed by atoms with Gasteiger partial charge in [0.15, 0.2) is 0 Å². The molecule has 0 amide bonds. The number of anilines is 3. The van der Waals surface area contributed by atoms with E-state index < -0.39 is 0 Å². The monoisotopic (exact) mass is 396 g/mol. The lowest BCUT2D eigenvalue weighted by Crippen LogP contribution is -2.10. The molecule has 112 valence electrons. The lowest BCUT2D eigenvalue weighted by molar-refractivity contribution is 0.774. The number of rotatable bonds is 5. The average molecular weight is 396 g/mol. The van der Waals surface area contributed by atoms with Gasteiger partial charge in [-0.25, -0.2) is 9.97 Å². The molecule has 0 saturated heterocycles. The molecule has 1 aromatic heterocycles. The van der Waals surface area contributed by atoms with Crippen LogP contribution in [0, 0.1) is 10.5 Å². The molecular formula is C16H21IN4. The van der Waals surface area contributed by atoms with E-state index in [0.717, 1.165) is 35.3 Å². The largest absolute Gasteiger partial charge is 0.370 e. The topological polar surface area (TPSA) is 49.8 Å². The van der Waals surface area contributed by atoms with Crippen LogP contribution in [0.2, 0.25) is 0 Å². The van der Waals surface area contributed by atoms with Crippen LogP contribution >= 0.6 is 22.6 Å². The van der Waals surface area contributed by atoms with Gasteiger partial charge >= 0.3 is 0 Å². The fraction of sp³-hybridized carbons (Fsp3) is 0.375. The highest BCUT2D eigenvalue weighted by molar-refractivity contribution is 14.1. The predicted octanol–water partition coefficient (Wildman–Crippen LogP) is 4.69. The van der Waals surface area contributed by atoms with Crippen molar-refractivity contribution in [2.24, 2.45) is 0 Å². The lowest BCUT2D eigenvalue weighted by Gasteiger charge is -2.16. The van der Waals surface area contributed by atoms with Gasteiger partial charge in [0, 0.05) is 27.3 Å². The SMILES string of the molecule is CCNc1nc(C(C)C)nc(Nc2ccc(I)cc2)c1C. The maximum absolute atomic E-state index is 4.67. The molecule has 2 N–H and O–H groups in total. The van der Waals surface area contributed by atoms with Crippen LogP contribution in [-0.4, -0.2) is 16.5 Å². The summed E-state index contributed by atoms with van der Waals surface area (Å²) in [7, 11) is 0. The van der Waals surface area contributed by atoms with E-state index in [4.69, 9.17) is 0 Å². The third-order valence-electron chi connectivity index (χ3n) is 3.13. The van der Waals surface area contributed by atoms with Crippen molar-refractivity contribution in [2.45, 2.75) is 33.6 Å². The number of aromatic nitrogens is 2. The summed E-state index contributed by atoms with van der Waals surface area (Å²) in [5.74, 6) is 2.92. The maximum atomic E-state index is 4.67. The van der Waals surface area contributed by atoms with E-state index in [1.54, 1.807) is 0 Å². The number of nitrogens with one attached hydrogen (secondary N) is 2. The second kappa shape index (κ2) is 7.06. The Morgan fingerprint density at radius 1 is 1.10 bits per heavy atom. The Kier molecular flexibility index (Phi) is 5.39. The van der Waals surface area contributed by atoms with Gasteiger partial charge < -0.3 is 10.6 Å². The van der Waals surface area contributed by atoms with E-state index >= 15 is 0 Å². The maximum Gasteiger partial charge on any atom is 0.139 e. The fourth-order valence-electron chi connectivity index (χ4n) is 1.92. The summed E-state index contributed by atoms with van der Waals surface area (Å²) in [6, 6.07) is 8.28. The van der Waals surface area contributed by atoms with Crippen LogP contribution in [0.1, 0.15) is 38.1 Å². The summed E-state index contributed by atoms with van der Waals surface area (Å²) in [4.78, 5) is 9.28. The number of nitrogens with zero attached hydrogens (tertiary/aromatic N) is 2. The summed E-state index contributed by atoms with van der Waals surface area (Å²) in [5.41, 5.74) is 2.08. The molecule has 0 bridgehead atoms. The third kappa shape index (κ3) is 4.06. The lowest BCUT2D eigenvalue weighted by atomic mass is 10.2. The van der Waals surface area contributed by atoms with E-state index in [2.05, 4.69) is 88.2 Å². The zero-order valence-corrected chi connectivity index (χ0v) is 15.0. The number of benzene rings is 1. The van der Waals surface area contributed by atoms with Crippen LogP contribution < -0.4 is 10.6 Å². The van der Waals surface area contributed by atoms with E-state index in [-0.39, 0.29) is 0 Å². The Morgan fingerprint density at radius 3 is 2.29 bits per heavy atom. The summed E-state index contributed by atoms with van der Waals surface area (Å²) >= 11 is 2.30. The van der Waals surface area contributed by atoms with Gasteiger partial charge in [-0.05, 0) is 60.7 Å². The molecule has 0 unspecified atom stereocenters. The van der Waals surface area contributed by atoms with Gasteiger partial charge in [-0.15, -0.1) is 0 Å². The predicted molar refractivity (Wildman–Crippen MR) is 97.5 cm³/mol. The van der Waals surface area contributed by atoms with Gasteiger partial charge in [0.25, 0.3) is 0 Å². The van der Waals surface area contributed by atoms with Crippen molar-refractivity contribution in [1.82, 2.24) is 9.97 Å². The first-order valence-electron chi connectivity index (χ1n) is 7.16. The molecule has 0 radical (unpaired) electrons. The fourth-order valence-corrected chi connectivity index (χ4v) is 2.28. The van der Waals surface area contributed by atoms with Crippen molar-refractivity contribution in [2.75, 3.05) is 17.2 Å². The molecule has 0 aliphatic carbocycles. The van der Waals surface area contributed by atoms with Crippen molar-refractivity contribution in [3.8, 4) is 0 Å². The first kappa shape index (κ1) is 16.0. The Labute approximate surface area is 139 Å². The van der Waals surface area contributed by atoms with Crippen molar-refractivity contribution in [1.29, 1.82) is 0 Å². The first-order chi connectivity index (χ1) is 10.0. The summed E-state index contributed by atoms with van der Waals surface area (Å²) in [6.07, 6.45) is 0. The smallest absolute Gasteiger partial charge is 0.139 e. The highest BCUT2D eigenvalue weighted by Crippen LogP contribution is 2.26. The molecular weight excluding hydrogens is 375 g/mol. The standard InChI is InChI=1S/C16H21IN4/c1-5-18-15-11(4)16(21-14(20-15)10(2)3)19-13-8-6-12(17)7-9-13/h6-10H,5H2,1-4H3,(H2,18,19,20,21). The molecule has 2 aromatic rings. The Bertz CT molecular complexity index is 608. The second-order valence-corrected chi connectivity index (χ2v) is 6.47. The van der Waals surface area contributed by atoms with Gasteiger partial charge in [-0.1, -0.05) is 13.8 Å². The molecule has 1 heterocycles. The zero-order valence-electron chi connectivity index (χ0n) is 12.9. The minimum absolute atomic E-state index is 0.292. The third-order valence-corrected chi connectivity index (χ3v) is 3.85. The van der Waals surface area contributed by atoms with Crippen molar-refractivity contribution < 1.29 is 0 Å². The number of halogens is 1. The molecule has 0 spiro atoms. The minimum atomic E-state index is 0.292. The van der Waals surface area contributed by atoms with Gasteiger partial charge in [0.05, 0.1) is 0 Å². The van der Waals surface area contributed by atoms with Crippen LogP contribution in [0.25, 0.3) is 0 Å². The average Bonchev–Trinajstić information content (AvgIpc) is 2.45. The summed E-state index contributed by atoms with van der Waals surface area (Å²) in [6.45, 7) is 9.17. The molecule has 4 nitrogen and oxygen atoms in total. The second-order valence-electron chi connectivity index (χ2n) is 5.22. The Morgan fingerprint density at radius 2 is 1.71 bits per heavy atom. The van der Waals surface area contributed by atoms with Crippen molar-refractivity contribution >= 4 is 39.9 Å². The van der Waals surface area contributed by atoms with Gasteiger partial charge in [-0.3, -0.25) is 0 Å². The van der Waals surface area contributed by atoms with Crippen LogP contribution in [-0.2, 0) is 0 Å². The normalized spacial score (nSPS) is 10.8. The van der Waals surface area contributed by atoms with Gasteiger partial charge in [-0.2, -0.15) is 0 Å². The van der Waals surface area contributed by atoms with Crippen LogP contribution in [0.4, 0.5) is 17.3 Å². The first-order valence-corrected chi connectivity index (χ1v) is 8.24. The van der Waals surface area contributed by atoms with Crippen LogP contribution in [0.3, 0.4) is 0 Å². The quantitative estimate of drug-likeness (QED) is 0.721. The number of hydrogen-bond donors (Lipinski definition) is 2. The zero-order chi connectivity index (χ0) is 15.4. The van der Waals surface area contributed by atoms with Crippen LogP contribution in [0.15, 0.2) is 24.3 Å². The Balaban J connectivity index is 2.38. The van der Waals surface area contributed by atoms with Crippen molar-refractivity contribution in [3.05, 3.63) is 39.2 Å². The van der Waals surface area contributed by atoms with Gasteiger partial charge in [0.2, 0.25) is 0 Å². The Hall–Kier alpha value is -1.37. The van der Waals surface area contributed by atoms with Crippen molar-refractivity contribution in [3.63, 3.8) is 0 Å². The molecule has 0 saturated carbocycles. The molecule has 0 aliphatic heterocycles. The molecule has 0 atom stereocenters. The summed E-state index contributed by atoms with van der Waals surface area (Å²) < 4.78 is 1.22. The summed E-state index contributed by atoms with van der Waals surface area (Å²) in [5, 5.41) is 6.71. The molecule has 5 heteroatoms. The molecule has 2 rings (SSSR count). The highest BCUT2D eigenvalue weighted by atomic mass is 127. The van der Waals surface area contributed by atoms with E-state index in [1.807, 2.05) is 6.92 Å². The minimum Gasteiger partial charge on any atom is -0.370 e. The highest BCUT2D eigenvalue weighted by Gasteiger charge is 2.12. The molecule has 0 fully saturated rings. The molecule has 1 aromatic carbocycles. The number of hydrogen-bond acceptors (Lipinski definition) is 4. The van der Waals surface area contributed by atoms with Gasteiger partial charge in [0.1, 0.15) is 17.5 Å².